The SMILES string of the molecule is CCCCCCCCC/C=C\CCCCCCCC(=O)OCC(O)COP(=O)(O)OCCNC(=O)CCCCCCCCCCCCCCC. The van der Waals surface area contributed by atoms with Crippen LogP contribution in [-0.2, 0) is 27.9 Å². The van der Waals surface area contributed by atoms with E-state index in [1.54, 1.807) is 0 Å². The number of phosphoric ester groups is 1. The minimum absolute atomic E-state index is 0.0851. The van der Waals surface area contributed by atoms with Gasteiger partial charge in [-0.3, -0.25) is 18.6 Å². The van der Waals surface area contributed by atoms with E-state index in [4.69, 9.17) is 13.8 Å². The number of carbonyl (C=O) groups is 2. The molecule has 296 valence electrons. The lowest BCUT2D eigenvalue weighted by Gasteiger charge is -2.15. The number of carbonyl (C=O) groups excluding carboxylic acids is 2. The van der Waals surface area contributed by atoms with Crippen LogP contribution in [0, 0.1) is 0 Å². The molecule has 1 amide bonds. The molecule has 0 spiro atoms. The Morgan fingerprint density at radius 1 is 0.600 bits per heavy atom. The lowest BCUT2D eigenvalue weighted by molar-refractivity contribution is -0.147. The predicted molar refractivity (Wildman–Crippen MR) is 206 cm³/mol. The van der Waals surface area contributed by atoms with Crippen LogP contribution in [0.25, 0.3) is 0 Å². The largest absolute Gasteiger partial charge is 0.472 e. The van der Waals surface area contributed by atoms with Crippen LogP contribution < -0.4 is 5.32 Å². The maximum atomic E-state index is 12.1. The summed E-state index contributed by atoms with van der Waals surface area (Å²) in [5.41, 5.74) is 0. The van der Waals surface area contributed by atoms with Gasteiger partial charge in [-0.25, -0.2) is 4.57 Å². The summed E-state index contributed by atoms with van der Waals surface area (Å²) in [5, 5.41) is 12.7. The second-order valence-electron chi connectivity index (χ2n) is 14.0. The molecule has 0 aromatic carbocycles. The van der Waals surface area contributed by atoms with E-state index in [-0.39, 0.29) is 32.1 Å². The van der Waals surface area contributed by atoms with Gasteiger partial charge < -0.3 is 20.1 Å². The fourth-order valence-corrected chi connectivity index (χ4v) is 6.54. The number of ether oxygens (including phenoxy) is 1. The first-order valence-corrected chi connectivity index (χ1v) is 22.2. The molecule has 2 unspecified atom stereocenters. The third kappa shape index (κ3) is 38.0. The molecule has 0 aromatic rings. The maximum Gasteiger partial charge on any atom is 0.472 e. The fourth-order valence-electron chi connectivity index (χ4n) is 5.79. The first-order chi connectivity index (χ1) is 24.3. The van der Waals surface area contributed by atoms with E-state index in [0.29, 0.717) is 6.42 Å². The highest BCUT2D eigenvalue weighted by Gasteiger charge is 2.23. The van der Waals surface area contributed by atoms with Crippen LogP contribution in [-0.4, -0.2) is 54.3 Å². The molecule has 0 aromatic heterocycles. The Morgan fingerprint density at radius 3 is 1.50 bits per heavy atom. The number of phosphoric acid groups is 1. The van der Waals surface area contributed by atoms with Crippen molar-refractivity contribution in [2.75, 3.05) is 26.4 Å². The van der Waals surface area contributed by atoms with Gasteiger partial charge in [-0.05, 0) is 38.5 Å². The van der Waals surface area contributed by atoms with E-state index in [1.165, 1.54) is 116 Å². The van der Waals surface area contributed by atoms with Crippen molar-refractivity contribution in [3.8, 4) is 0 Å². The smallest absolute Gasteiger partial charge is 0.463 e. The number of rotatable bonds is 39. The Labute approximate surface area is 307 Å². The number of aliphatic hydroxyl groups is 1. The Morgan fingerprint density at radius 2 is 1.02 bits per heavy atom. The number of nitrogens with one attached hydrogen (secondary N) is 1. The van der Waals surface area contributed by atoms with Crippen LogP contribution in [0.4, 0.5) is 0 Å². The van der Waals surface area contributed by atoms with Crippen molar-refractivity contribution in [2.24, 2.45) is 0 Å². The van der Waals surface area contributed by atoms with Crippen molar-refractivity contribution in [2.45, 2.75) is 206 Å². The van der Waals surface area contributed by atoms with Crippen LogP contribution in [0.3, 0.4) is 0 Å². The zero-order valence-corrected chi connectivity index (χ0v) is 33.3. The van der Waals surface area contributed by atoms with Gasteiger partial charge in [-0.2, -0.15) is 0 Å². The lowest BCUT2D eigenvalue weighted by atomic mass is 10.0. The van der Waals surface area contributed by atoms with Gasteiger partial charge in [0, 0.05) is 19.4 Å². The second kappa shape index (κ2) is 37.5. The zero-order chi connectivity index (χ0) is 36.8. The minimum atomic E-state index is -4.41. The van der Waals surface area contributed by atoms with Crippen molar-refractivity contribution in [3.05, 3.63) is 12.2 Å². The van der Waals surface area contributed by atoms with E-state index >= 15 is 0 Å². The molecule has 0 aliphatic rings. The van der Waals surface area contributed by atoms with Gasteiger partial charge in [0.25, 0.3) is 0 Å². The van der Waals surface area contributed by atoms with Crippen molar-refractivity contribution >= 4 is 19.7 Å². The van der Waals surface area contributed by atoms with Gasteiger partial charge in [0.15, 0.2) is 0 Å². The van der Waals surface area contributed by atoms with Crippen LogP contribution in [0.15, 0.2) is 12.2 Å². The zero-order valence-electron chi connectivity index (χ0n) is 32.4. The molecule has 0 heterocycles. The summed E-state index contributed by atoms with van der Waals surface area (Å²) in [6.07, 6.45) is 37.1. The molecule has 9 nitrogen and oxygen atoms in total. The summed E-state index contributed by atoms with van der Waals surface area (Å²) >= 11 is 0. The summed E-state index contributed by atoms with van der Waals surface area (Å²) in [6.45, 7) is 3.55. The molecule has 0 radical (unpaired) electrons. The highest BCUT2D eigenvalue weighted by atomic mass is 31.2. The van der Waals surface area contributed by atoms with Crippen LogP contribution in [0.5, 0.6) is 0 Å². The molecule has 3 N–H and O–H groups in total. The number of aliphatic hydroxyl groups excluding tert-OH is 1. The predicted octanol–water partition coefficient (Wildman–Crippen LogP) is 11.0. The minimum Gasteiger partial charge on any atom is -0.463 e. The molecule has 2 atom stereocenters. The Balaban J connectivity index is 3.60. The van der Waals surface area contributed by atoms with E-state index in [2.05, 4.69) is 31.3 Å². The van der Waals surface area contributed by atoms with Crippen LogP contribution >= 0.6 is 7.82 Å². The summed E-state index contributed by atoms with van der Waals surface area (Å²) in [6, 6.07) is 0. The number of hydrogen-bond acceptors (Lipinski definition) is 7. The topological polar surface area (TPSA) is 131 Å². The van der Waals surface area contributed by atoms with Gasteiger partial charge in [0.05, 0.1) is 13.2 Å². The summed E-state index contributed by atoms with van der Waals surface area (Å²) in [7, 11) is -4.41. The highest BCUT2D eigenvalue weighted by molar-refractivity contribution is 7.47. The van der Waals surface area contributed by atoms with Gasteiger partial charge in [0.1, 0.15) is 12.7 Å². The Bertz CT molecular complexity index is 840. The molecule has 50 heavy (non-hydrogen) atoms. The number of unbranched alkanes of at least 4 members (excludes halogenated alkanes) is 24. The maximum absolute atomic E-state index is 12.1. The van der Waals surface area contributed by atoms with Crippen molar-refractivity contribution in [3.63, 3.8) is 0 Å². The van der Waals surface area contributed by atoms with Gasteiger partial charge in [-0.15, -0.1) is 0 Å². The molecular weight excluding hydrogens is 653 g/mol. The van der Waals surface area contributed by atoms with Crippen LogP contribution in [0.2, 0.25) is 0 Å². The van der Waals surface area contributed by atoms with Gasteiger partial charge in [-0.1, -0.05) is 161 Å². The number of allylic oxidation sites excluding steroid dienone is 2. The third-order valence-electron chi connectivity index (χ3n) is 8.95. The van der Waals surface area contributed by atoms with Crippen LogP contribution in [0.1, 0.15) is 200 Å². The Hall–Kier alpha value is -1.25. The number of amides is 1. The van der Waals surface area contributed by atoms with Crippen molar-refractivity contribution in [1.82, 2.24) is 5.32 Å². The lowest BCUT2D eigenvalue weighted by Crippen LogP contribution is -2.27. The second-order valence-corrected chi connectivity index (χ2v) is 15.4. The molecular formula is C40H78NO8P. The molecule has 0 aliphatic heterocycles. The Kier molecular flexibility index (Phi) is 36.6. The average Bonchev–Trinajstić information content (AvgIpc) is 3.10. The number of hydrogen-bond donors (Lipinski definition) is 3. The van der Waals surface area contributed by atoms with Crippen molar-refractivity contribution in [1.29, 1.82) is 0 Å². The quantitative estimate of drug-likeness (QED) is 0.0246. The van der Waals surface area contributed by atoms with E-state index < -0.39 is 26.5 Å². The van der Waals surface area contributed by atoms with E-state index in [1.807, 2.05) is 0 Å². The third-order valence-corrected chi connectivity index (χ3v) is 9.93. The monoisotopic (exact) mass is 732 g/mol. The molecule has 0 bridgehead atoms. The summed E-state index contributed by atoms with van der Waals surface area (Å²) < 4.78 is 26.8. The average molecular weight is 732 g/mol. The van der Waals surface area contributed by atoms with E-state index in [0.717, 1.165) is 57.8 Å². The number of esters is 1. The first-order valence-electron chi connectivity index (χ1n) is 20.7. The molecule has 0 fully saturated rings. The highest BCUT2D eigenvalue weighted by Crippen LogP contribution is 2.42. The molecule has 0 saturated carbocycles. The molecule has 0 rings (SSSR count). The fraction of sp³-hybridized carbons (Fsp3) is 0.900. The normalized spacial score (nSPS) is 13.4. The van der Waals surface area contributed by atoms with Gasteiger partial charge in [0.2, 0.25) is 5.91 Å². The van der Waals surface area contributed by atoms with E-state index in [9.17, 15) is 24.2 Å². The summed E-state index contributed by atoms with van der Waals surface area (Å²) in [5.74, 6) is -0.519. The van der Waals surface area contributed by atoms with Crippen molar-refractivity contribution < 1.29 is 37.9 Å². The summed E-state index contributed by atoms with van der Waals surface area (Å²) in [4.78, 5) is 33.8. The first kappa shape index (κ1) is 48.8. The molecule has 10 heteroatoms. The van der Waals surface area contributed by atoms with Gasteiger partial charge >= 0.3 is 13.8 Å². The molecule has 0 aliphatic carbocycles. The molecule has 0 saturated heterocycles. The standard InChI is InChI=1S/C40H78NO8P/c1-3-5-7-9-11-13-15-17-18-19-21-23-25-27-29-31-33-40(44)47-36-38(42)37-49-50(45,46)48-35-34-41-39(43)32-30-28-26-24-22-20-16-14-12-10-8-6-4-2/h18-19,38,42H,3-17,20-37H2,1-2H3,(H,41,43)(H,45,46)/b19-18-.